The van der Waals surface area contributed by atoms with Crippen molar-refractivity contribution in [2.45, 2.75) is 32.1 Å². The van der Waals surface area contributed by atoms with E-state index in [1.54, 1.807) is 24.3 Å². The van der Waals surface area contributed by atoms with Crippen molar-refractivity contribution in [2.24, 2.45) is 0 Å². The third-order valence-corrected chi connectivity index (χ3v) is 3.62. The van der Waals surface area contributed by atoms with Crippen LogP contribution in [0.5, 0.6) is 0 Å². The molecule has 0 aliphatic carbocycles. The number of anilines is 1. The van der Waals surface area contributed by atoms with Gasteiger partial charge < -0.3 is 10.2 Å². The van der Waals surface area contributed by atoms with Gasteiger partial charge >= 0.3 is 0 Å². The van der Waals surface area contributed by atoms with Crippen LogP contribution in [0.1, 0.15) is 37.7 Å². The molecule has 4 nitrogen and oxygen atoms in total. The lowest BCUT2D eigenvalue weighted by Gasteiger charge is -2.26. The molecule has 1 amide bonds. The molecule has 1 aliphatic rings. The molecule has 0 radical (unpaired) electrons. The number of hydrogen-bond acceptors (Lipinski definition) is 3. The van der Waals surface area contributed by atoms with Crippen molar-refractivity contribution in [1.82, 2.24) is 4.90 Å². The molecular weight excluding hydrogens is 250 g/mol. The third kappa shape index (κ3) is 4.67. The predicted octanol–water partition coefficient (Wildman–Crippen LogP) is 2.76. The van der Waals surface area contributed by atoms with Crippen molar-refractivity contribution in [3.8, 4) is 6.07 Å². The summed E-state index contributed by atoms with van der Waals surface area (Å²) in [6.07, 6.45) is 5.38. The summed E-state index contributed by atoms with van der Waals surface area (Å²) < 4.78 is 0. The molecule has 0 spiro atoms. The minimum atomic E-state index is 0.0479. The number of piperidine rings is 1. The van der Waals surface area contributed by atoms with Crippen molar-refractivity contribution in [3.05, 3.63) is 29.8 Å². The summed E-state index contributed by atoms with van der Waals surface area (Å²) in [4.78, 5) is 14.3. The van der Waals surface area contributed by atoms with Gasteiger partial charge in [-0.3, -0.25) is 4.79 Å². The summed E-state index contributed by atoms with van der Waals surface area (Å²) in [6, 6.07) is 9.01. The average molecular weight is 271 g/mol. The first-order valence-corrected chi connectivity index (χ1v) is 7.30. The molecule has 1 aliphatic heterocycles. The molecule has 0 unspecified atom stereocenters. The summed E-state index contributed by atoms with van der Waals surface area (Å²) in [5.41, 5.74) is 1.36. The van der Waals surface area contributed by atoms with Crippen LogP contribution in [0.2, 0.25) is 0 Å². The normalized spacial score (nSPS) is 15.6. The van der Waals surface area contributed by atoms with E-state index in [0.29, 0.717) is 12.0 Å². The summed E-state index contributed by atoms with van der Waals surface area (Å²) in [6.45, 7) is 3.37. The molecule has 1 heterocycles. The van der Waals surface area contributed by atoms with Gasteiger partial charge in [0.1, 0.15) is 0 Å². The number of carbonyl (C=O) groups is 1. The number of rotatable bonds is 5. The van der Waals surface area contributed by atoms with E-state index < -0.39 is 0 Å². The zero-order chi connectivity index (χ0) is 14.2. The van der Waals surface area contributed by atoms with Gasteiger partial charge in [-0.2, -0.15) is 5.26 Å². The van der Waals surface area contributed by atoms with Crippen LogP contribution in [-0.2, 0) is 4.79 Å². The van der Waals surface area contributed by atoms with Crippen LogP contribution in [-0.4, -0.2) is 30.4 Å². The maximum Gasteiger partial charge on any atom is 0.224 e. The molecule has 20 heavy (non-hydrogen) atoms. The first-order valence-electron chi connectivity index (χ1n) is 7.30. The number of likely N-dealkylation sites (tertiary alicyclic amines) is 1. The third-order valence-electron chi connectivity index (χ3n) is 3.62. The van der Waals surface area contributed by atoms with E-state index in [1.165, 1.54) is 32.4 Å². The smallest absolute Gasteiger partial charge is 0.224 e. The first kappa shape index (κ1) is 14.5. The minimum absolute atomic E-state index is 0.0479. The molecule has 106 valence electrons. The minimum Gasteiger partial charge on any atom is -0.326 e. The van der Waals surface area contributed by atoms with Crippen LogP contribution in [0.3, 0.4) is 0 Å². The fourth-order valence-corrected chi connectivity index (χ4v) is 2.50. The van der Waals surface area contributed by atoms with Crippen LogP contribution < -0.4 is 5.32 Å². The SMILES string of the molecule is N#Cc1ccc(NC(=O)CCCN2CCCCC2)cc1. The molecule has 1 aromatic rings. The molecule has 1 N–H and O–H groups in total. The Hall–Kier alpha value is -1.86. The van der Waals surface area contributed by atoms with E-state index in [2.05, 4.69) is 16.3 Å². The second-order valence-corrected chi connectivity index (χ2v) is 5.24. The Morgan fingerprint density at radius 1 is 1.20 bits per heavy atom. The number of nitrogens with zero attached hydrogens (tertiary/aromatic N) is 2. The largest absolute Gasteiger partial charge is 0.326 e. The van der Waals surface area contributed by atoms with Crippen molar-refractivity contribution in [2.75, 3.05) is 25.0 Å². The fraction of sp³-hybridized carbons (Fsp3) is 0.500. The van der Waals surface area contributed by atoms with Crippen molar-refractivity contribution < 1.29 is 4.79 Å². The van der Waals surface area contributed by atoms with Crippen molar-refractivity contribution >= 4 is 11.6 Å². The number of hydrogen-bond donors (Lipinski definition) is 1. The highest BCUT2D eigenvalue weighted by Crippen LogP contribution is 2.11. The quantitative estimate of drug-likeness (QED) is 0.896. The Balaban J connectivity index is 1.68. The van der Waals surface area contributed by atoms with E-state index in [0.717, 1.165) is 18.7 Å². The van der Waals surface area contributed by atoms with Gasteiger partial charge in [0.15, 0.2) is 0 Å². The summed E-state index contributed by atoms with van der Waals surface area (Å²) >= 11 is 0. The van der Waals surface area contributed by atoms with Crippen molar-refractivity contribution in [1.29, 1.82) is 5.26 Å². The highest BCUT2D eigenvalue weighted by molar-refractivity contribution is 5.90. The van der Waals surface area contributed by atoms with Gasteiger partial charge in [0, 0.05) is 12.1 Å². The molecule has 2 rings (SSSR count). The summed E-state index contributed by atoms with van der Waals surface area (Å²) in [7, 11) is 0. The Morgan fingerprint density at radius 2 is 1.90 bits per heavy atom. The van der Waals surface area contributed by atoms with Crippen LogP contribution in [0.4, 0.5) is 5.69 Å². The lowest BCUT2D eigenvalue weighted by Crippen LogP contribution is -2.31. The van der Waals surface area contributed by atoms with E-state index in [4.69, 9.17) is 5.26 Å². The van der Waals surface area contributed by atoms with E-state index >= 15 is 0 Å². The van der Waals surface area contributed by atoms with Crippen LogP contribution in [0, 0.1) is 11.3 Å². The molecule has 4 heteroatoms. The molecule has 1 fully saturated rings. The van der Waals surface area contributed by atoms with Gasteiger partial charge in [0.2, 0.25) is 5.91 Å². The maximum atomic E-state index is 11.8. The summed E-state index contributed by atoms with van der Waals surface area (Å²) in [5.74, 6) is 0.0479. The van der Waals surface area contributed by atoms with Crippen LogP contribution in [0.15, 0.2) is 24.3 Å². The number of nitriles is 1. The number of benzene rings is 1. The monoisotopic (exact) mass is 271 g/mol. The fourth-order valence-electron chi connectivity index (χ4n) is 2.50. The van der Waals surface area contributed by atoms with Gasteiger partial charge in [-0.05, 0) is 63.2 Å². The molecule has 1 saturated heterocycles. The maximum absolute atomic E-state index is 11.8. The Morgan fingerprint density at radius 3 is 2.55 bits per heavy atom. The zero-order valence-corrected chi connectivity index (χ0v) is 11.8. The molecular formula is C16H21N3O. The molecule has 1 aromatic carbocycles. The van der Waals surface area contributed by atoms with Gasteiger partial charge in [0.05, 0.1) is 11.6 Å². The van der Waals surface area contributed by atoms with Gasteiger partial charge in [0.25, 0.3) is 0 Å². The molecule has 0 saturated carbocycles. The standard InChI is InChI=1S/C16H21N3O/c17-13-14-6-8-15(9-7-14)18-16(20)5-4-12-19-10-2-1-3-11-19/h6-9H,1-5,10-12H2,(H,18,20). The van der Waals surface area contributed by atoms with Crippen LogP contribution >= 0.6 is 0 Å². The Kier molecular flexibility index (Phi) is 5.57. The van der Waals surface area contributed by atoms with E-state index in [-0.39, 0.29) is 5.91 Å². The molecule has 0 bridgehead atoms. The predicted molar refractivity (Wildman–Crippen MR) is 79.3 cm³/mol. The lowest BCUT2D eigenvalue weighted by atomic mass is 10.1. The Labute approximate surface area is 120 Å². The molecule has 0 atom stereocenters. The summed E-state index contributed by atoms with van der Waals surface area (Å²) in [5, 5.41) is 11.6. The number of amides is 1. The van der Waals surface area contributed by atoms with E-state index in [9.17, 15) is 4.79 Å². The highest BCUT2D eigenvalue weighted by atomic mass is 16.1. The van der Waals surface area contributed by atoms with Gasteiger partial charge in [-0.1, -0.05) is 6.42 Å². The topological polar surface area (TPSA) is 56.1 Å². The van der Waals surface area contributed by atoms with E-state index in [1.807, 2.05) is 0 Å². The zero-order valence-electron chi connectivity index (χ0n) is 11.8. The first-order chi connectivity index (χ1) is 9.78. The second-order valence-electron chi connectivity index (χ2n) is 5.24. The number of nitrogens with one attached hydrogen (secondary N) is 1. The second kappa shape index (κ2) is 7.66. The van der Waals surface area contributed by atoms with Gasteiger partial charge in [-0.25, -0.2) is 0 Å². The van der Waals surface area contributed by atoms with Crippen molar-refractivity contribution in [3.63, 3.8) is 0 Å². The van der Waals surface area contributed by atoms with Crippen LogP contribution in [0.25, 0.3) is 0 Å². The molecule has 0 aromatic heterocycles. The lowest BCUT2D eigenvalue weighted by molar-refractivity contribution is -0.116. The van der Waals surface area contributed by atoms with Gasteiger partial charge in [-0.15, -0.1) is 0 Å². The highest BCUT2D eigenvalue weighted by Gasteiger charge is 2.10. The average Bonchev–Trinajstić information content (AvgIpc) is 2.49. The number of carbonyl (C=O) groups excluding carboxylic acids is 1. The Bertz CT molecular complexity index is 469.